The molecule has 1 atom stereocenters. The van der Waals surface area contributed by atoms with Crippen molar-refractivity contribution in [3.05, 3.63) is 47.8 Å². The molecule has 96 valence electrons. The van der Waals surface area contributed by atoms with Crippen molar-refractivity contribution in [3.63, 3.8) is 0 Å². The summed E-state index contributed by atoms with van der Waals surface area (Å²) in [6.45, 7) is -2.82. The van der Waals surface area contributed by atoms with Crippen LogP contribution in [0.4, 0.5) is 8.78 Å². The first-order chi connectivity index (χ1) is 8.56. The van der Waals surface area contributed by atoms with Gasteiger partial charge in [-0.25, -0.2) is 0 Å². The third kappa shape index (κ3) is 2.84. The Hall–Kier alpha value is -1.95. The smallest absolute Gasteiger partial charge is 0.387 e. The third-order valence-electron chi connectivity index (χ3n) is 2.52. The van der Waals surface area contributed by atoms with Gasteiger partial charge in [-0.3, -0.25) is 4.68 Å². The molecule has 6 heteroatoms. The number of alkyl halides is 2. The van der Waals surface area contributed by atoms with Gasteiger partial charge in [-0.15, -0.1) is 0 Å². The molecule has 18 heavy (non-hydrogen) atoms. The molecule has 0 aliphatic carbocycles. The summed E-state index contributed by atoms with van der Waals surface area (Å²) in [6, 6.07) is 7.66. The number of hydrogen-bond acceptors (Lipinski definition) is 3. The van der Waals surface area contributed by atoms with Crippen LogP contribution in [0.15, 0.2) is 36.5 Å². The molecule has 0 spiro atoms. The first kappa shape index (κ1) is 12.5. The highest BCUT2D eigenvalue weighted by Gasteiger charge is 2.12. The summed E-state index contributed by atoms with van der Waals surface area (Å²) in [5.74, 6) is 0.113. The van der Waals surface area contributed by atoms with Gasteiger partial charge in [0.2, 0.25) is 0 Å². The molecule has 0 fully saturated rings. The number of rotatable bonds is 4. The zero-order chi connectivity index (χ0) is 13.1. The van der Waals surface area contributed by atoms with Crippen molar-refractivity contribution < 1.29 is 13.5 Å². The van der Waals surface area contributed by atoms with Gasteiger partial charge in [-0.1, -0.05) is 12.1 Å². The molecule has 0 saturated carbocycles. The summed E-state index contributed by atoms with van der Waals surface area (Å²) in [5.41, 5.74) is 7.53. The van der Waals surface area contributed by atoms with E-state index in [1.165, 1.54) is 12.1 Å². The number of ether oxygens (including phenoxy) is 1. The largest absolute Gasteiger partial charge is 0.435 e. The first-order valence-corrected chi connectivity index (χ1v) is 5.36. The highest BCUT2D eigenvalue weighted by atomic mass is 19.3. The molecule has 1 unspecified atom stereocenters. The molecule has 0 aliphatic rings. The molecule has 1 aromatic heterocycles. The molecule has 0 radical (unpaired) electrons. The quantitative estimate of drug-likeness (QED) is 0.907. The molecule has 4 nitrogen and oxygen atoms in total. The molecule has 0 bridgehead atoms. The van der Waals surface area contributed by atoms with E-state index in [1.54, 1.807) is 30.1 Å². The third-order valence-corrected chi connectivity index (χ3v) is 2.52. The number of halogens is 2. The predicted molar refractivity (Wildman–Crippen MR) is 62.3 cm³/mol. The maximum absolute atomic E-state index is 12.0. The Morgan fingerprint density at radius 1 is 1.22 bits per heavy atom. The van der Waals surface area contributed by atoms with Crippen LogP contribution < -0.4 is 10.5 Å². The molecule has 0 saturated heterocycles. The second kappa shape index (κ2) is 5.14. The van der Waals surface area contributed by atoms with Crippen LogP contribution >= 0.6 is 0 Å². The van der Waals surface area contributed by atoms with Crippen LogP contribution in [-0.2, 0) is 7.05 Å². The Morgan fingerprint density at radius 2 is 1.89 bits per heavy atom. The van der Waals surface area contributed by atoms with Gasteiger partial charge in [0.15, 0.2) is 0 Å². The van der Waals surface area contributed by atoms with Gasteiger partial charge in [0.1, 0.15) is 5.75 Å². The molecule has 2 rings (SSSR count). The zero-order valence-corrected chi connectivity index (χ0v) is 9.75. The van der Waals surface area contributed by atoms with Crippen LogP contribution in [0, 0.1) is 0 Å². The topological polar surface area (TPSA) is 53.1 Å². The van der Waals surface area contributed by atoms with Gasteiger partial charge in [-0.2, -0.15) is 13.9 Å². The Balaban J connectivity index is 2.14. The normalized spacial score (nSPS) is 12.7. The maximum atomic E-state index is 12.0. The highest BCUT2D eigenvalue weighted by molar-refractivity contribution is 5.32. The van der Waals surface area contributed by atoms with Crippen molar-refractivity contribution in [2.45, 2.75) is 12.7 Å². The Bertz CT molecular complexity index is 510. The second-order valence-corrected chi connectivity index (χ2v) is 3.84. The van der Waals surface area contributed by atoms with E-state index in [9.17, 15) is 8.78 Å². The van der Waals surface area contributed by atoms with E-state index in [2.05, 4.69) is 9.84 Å². The SMILES string of the molecule is Cn1ccc(C(N)c2ccc(OC(F)F)cc2)n1. The number of aromatic nitrogens is 2. The summed E-state index contributed by atoms with van der Waals surface area (Å²) >= 11 is 0. The van der Waals surface area contributed by atoms with Crippen LogP contribution in [0.1, 0.15) is 17.3 Å². The van der Waals surface area contributed by atoms with Crippen molar-refractivity contribution in [3.8, 4) is 5.75 Å². The molecule has 0 aliphatic heterocycles. The van der Waals surface area contributed by atoms with Gasteiger partial charge in [0.25, 0.3) is 0 Å². The average molecular weight is 253 g/mol. The van der Waals surface area contributed by atoms with Crippen molar-refractivity contribution in [2.24, 2.45) is 12.8 Å². The minimum atomic E-state index is -2.82. The van der Waals surface area contributed by atoms with Gasteiger partial charge in [-0.05, 0) is 23.8 Å². The Kier molecular flexibility index (Phi) is 3.57. The molecule has 1 aromatic carbocycles. The summed E-state index contributed by atoms with van der Waals surface area (Å²) in [6.07, 6.45) is 1.80. The van der Waals surface area contributed by atoms with Crippen molar-refractivity contribution in [1.82, 2.24) is 9.78 Å². The van der Waals surface area contributed by atoms with Crippen molar-refractivity contribution in [1.29, 1.82) is 0 Å². The van der Waals surface area contributed by atoms with E-state index >= 15 is 0 Å². The molecular weight excluding hydrogens is 240 g/mol. The van der Waals surface area contributed by atoms with E-state index in [0.717, 1.165) is 11.3 Å². The number of hydrogen-bond donors (Lipinski definition) is 1. The van der Waals surface area contributed by atoms with Gasteiger partial charge in [0, 0.05) is 13.2 Å². The second-order valence-electron chi connectivity index (χ2n) is 3.84. The van der Waals surface area contributed by atoms with E-state index in [0.29, 0.717) is 0 Å². The lowest BCUT2D eigenvalue weighted by Gasteiger charge is -2.10. The highest BCUT2D eigenvalue weighted by Crippen LogP contribution is 2.21. The molecule has 2 N–H and O–H groups in total. The Morgan fingerprint density at radius 3 is 2.39 bits per heavy atom. The number of aryl methyl sites for hydroxylation is 1. The zero-order valence-electron chi connectivity index (χ0n) is 9.75. The lowest BCUT2D eigenvalue weighted by molar-refractivity contribution is -0.0498. The fourth-order valence-electron chi connectivity index (χ4n) is 1.63. The Labute approximate surface area is 103 Å². The van der Waals surface area contributed by atoms with Crippen LogP contribution in [0.25, 0.3) is 0 Å². The molecule has 1 heterocycles. The molecule has 2 aromatic rings. The van der Waals surface area contributed by atoms with Crippen LogP contribution in [0.3, 0.4) is 0 Å². The van der Waals surface area contributed by atoms with Gasteiger partial charge in [0.05, 0.1) is 11.7 Å². The average Bonchev–Trinajstić information content (AvgIpc) is 2.75. The minimum absolute atomic E-state index is 0.113. The van der Waals surface area contributed by atoms with E-state index < -0.39 is 6.61 Å². The molecular formula is C12H13F2N3O. The standard InChI is InChI=1S/C12H13F2N3O/c1-17-7-6-10(16-17)11(15)8-2-4-9(5-3-8)18-12(13)14/h2-7,11-12H,15H2,1H3. The maximum Gasteiger partial charge on any atom is 0.387 e. The summed E-state index contributed by atoms with van der Waals surface area (Å²) in [7, 11) is 1.80. The number of nitrogens with two attached hydrogens (primary N) is 1. The van der Waals surface area contributed by atoms with Crippen molar-refractivity contribution in [2.75, 3.05) is 0 Å². The number of benzene rings is 1. The lowest BCUT2D eigenvalue weighted by Crippen LogP contribution is -2.13. The molecule has 0 amide bonds. The van der Waals surface area contributed by atoms with E-state index in [4.69, 9.17) is 5.73 Å². The summed E-state index contributed by atoms with van der Waals surface area (Å²) in [4.78, 5) is 0. The van der Waals surface area contributed by atoms with Crippen LogP contribution in [0.2, 0.25) is 0 Å². The van der Waals surface area contributed by atoms with Crippen LogP contribution in [-0.4, -0.2) is 16.4 Å². The first-order valence-electron chi connectivity index (χ1n) is 5.36. The van der Waals surface area contributed by atoms with E-state index in [1.807, 2.05) is 6.07 Å². The monoisotopic (exact) mass is 253 g/mol. The number of nitrogens with zero attached hydrogens (tertiary/aromatic N) is 2. The fraction of sp³-hybridized carbons (Fsp3) is 0.250. The minimum Gasteiger partial charge on any atom is -0.435 e. The predicted octanol–water partition coefficient (Wildman–Crippen LogP) is 2.07. The van der Waals surface area contributed by atoms with E-state index in [-0.39, 0.29) is 11.8 Å². The van der Waals surface area contributed by atoms with Crippen molar-refractivity contribution >= 4 is 0 Å². The van der Waals surface area contributed by atoms with Gasteiger partial charge < -0.3 is 10.5 Å². The van der Waals surface area contributed by atoms with Gasteiger partial charge >= 0.3 is 6.61 Å². The van der Waals surface area contributed by atoms with Crippen LogP contribution in [0.5, 0.6) is 5.75 Å². The lowest BCUT2D eigenvalue weighted by atomic mass is 10.1. The summed E-state index contributed by atoms with van der Waals surface area (Å²) < 4.78 is 29.9. The fourth-order valence-corrected chi connectivity index (χ4v) is 1.63. The summed E-state index contributed by atoms with van der Waals surface area (Å²) in [5, 5.41) is 4.20.